The summed E-state index contributed by atoms with van der Waals surface area (Å²) in [6, 6.07) is 4.75. The quantitative estimate of drug-likeness (QED) is 0.861. The van der Waals surface area contributed by atoms with Crippen molar-refractivity contribution in [2.45, 2.75) is 56.9 Å². The third-order valence-electron chi connectivity index (χ3n) is 4.70. The molecular weight excluding hydrogens is 250 g/mol. The summed E-state index contributed by atoms with van der Waals surface area (Å²) in [5.41, 5.74) is 0.868. The molecule has 5 heteroatoms. The number of anilines is 1. The predicted molar refractivity (Wildman–Crippen MR) is 78.0 cm³/mol. The highest BCUT2D eigenvalue weighted by atomic mass is 15.4. The van der Waals surface area contributed by atoms with Gasteiger partial charge in [0.2, 0.25) is 0 Å². The second-order valence-electron chi connectivity index (χ2n) is 6.20. The number of hydrogen-bond acceptors (Lipinski definition) is 4. The topological polar surface area (TPSA) is 46.3 Å². The summed E-state index contributed by atoms with van der Waals surface area (Å²) in [6.45, 7) is 0. The lowest BCUT2D eigenvalue weighted by molar-refractivity contribution is 0.425. The molecule has 2 aliphatic rings. The van der Waals surface area contributed by atoms with E-state index in [1.54, 1.807) is 0 Å². The lowest BCUT2D eigenvalue weighted by Crippen LogP contribution is -2.34. The molecule has 0 aromatic carbocycles. The molecule has 2 saturated carbocycles. The molecule has 2 aliphatic carbocycles. The van der Waals surface area contributed by atoms with E-state index in [2.05, 4.69) is 28.2 Å². The molecule has 0 bridgehead atoms. The van der Waals surface area contributed by atoms with Crippen LogP contribution in [0.25, 0.3) is 5.65 Å². The van der Waals surface area contributed by atoms with Gasteiger partial charge in [-0.2, -0.15) is 4.52 Å². The van der Waals surface area contributed by atoms with E-state index in [0.717, 1.165) is 17.3 Å². The largest absolute Gasteiger partial charge is 0.355 e. The fraction of sp³-hybridized carbons (Fsp3) is 0.667. The van der Waals surface area contributed by atoms with Crippen LogP contribution in [0.3, 0.4) is 0 Å². The first-order valence-electron chi connectivity index (χ1n) is 7.78. The minimum atomic E-state index is 0.577. The molecule has 0 atom stereocenters. The average Bonchev–Trinajstić information content (AvgIpc) is 3.26. The van der Waals surface area contributed by atoms with Gasteiger partial charge in [-0.1, -0.05) is 19.3 Å². The Bertz CT molecular complexity index is 610. The Morgan fingerprint density at radius 1 is 1.05 bits per heavy atom. The molecule has 0 amide bonds. The normalized spacial score (nSPS) is 20.4. The first kappa shape index (κ1) is 12.1. The van der Waals surface area contributed by atoms with Gasteiger partial charge in [-0.3, -0.25) is 0 Å². The van der Waals surface area contributed by atoms with E-state index in [1.165, 1.54) is 44.9 Å². The van der Waals surface area contributed by atoms with Crippen LogP contribution in [0.2, 0.25) is 0 Å². The van der Waals surface area contributed by atoms with Crippen LogP contribution in [0.4, 0.5) is 5.82 Å². The number of rotatable bonds is 3. The molecule has 0 saturated heterocycles. The Kier molecular flexibility index (Phi) is 2.86. The molecule has 2 aromatic rings. The summed E-state index contributed by atoms with van der Waals surface area (Å²) in [5.74, 6) is 2.66. The molecule has 2 aromatic heterocycles. The van der Waals surface area contributed by atoms with Crippen LogP contribution in [-0.2, 0) is 0 Å². The summed E-state index contributed by atoms with van der Waals surface area (Å²) in [6.07, 6.45) is 9.10. The zero-order chi connectivity index (χ0) is 13.5. The Balaban J connectivity index is 1.66. The Hall–Kier alpha value is -1.65. The van der Waals surface area contributed by atoms with E-state index >= 15 is 0 Å². The van der Waals surface area contributed by atoms with Gasteiger partial charge < -0.3 is 4.90 Å². The summed E-state index contributed by atoms with van der Waals surface area (Å²) in [5, 5.41) is 13.3. The molecule has 0 unspecified atom stereocenters. The number of fused-ring (bicyclic) bond motifs is 1. The van der Waals surface area contributed by atoms with Crippen molar-refractivity contribution in [3.63, 3.8) is 0 Å². The highest BCUT2D eigenvalue weighted by Crippen LogP contribution is 2.38. The first-order valence-corrected chi connectivity index (χ1v) is 7.78. The smallest absolute Gasteiger partial charge is 0.178 e. The Morgan fingerprint density at radius 2 is 1.85 bits per heavy atom. The Morgan fingerprint density at radius 3 is 2.60 bits per heavy atom. The van der Waals surface area contributed by atoms with E-state index in [4.69, 9.17) is 5.10 Å². The van der Waals surface area contributed by atoms with E-state index in [0.29, 0.717) is 12.0 Å². The maximum Gasteiger partial charge on any atom is 0.178 e. The van der Waals surface area contributed by atoms with Crippen LogP contribution in [0.5, 0.6) is 0 Å². The monoisotopic (exact) mass is 271 g/mol. The third kappa shape index (κ3) is 2.05. The molecule has 0 spiro atoms. The molecule has 4 rings (SSSR count). The Labute approximate surface area is 119 Å². The first-order chi connectivity index (χ1) is 9.83. The fourth-order valence-electron chi connectivity index (χ4n) is 3.24. The molecule has 20 heavy (non-hydrogen) atoms. The highest BCUT2D eigenvalue weighted by molar-refractivity contribution is 5.46. The SMILES string of the molecule is CN(c1ccc2nnc(C3CC3)n2n1)C1CCCCC1. The summed E-state index contributed by atoms with van der Waals surface area (Å²) in [7, 11) is 2.17. The lowest BCUT2D eigenvalue weighted by Gasteiger charge is -2.31. The van der Waals surface area contributed by atoms with Crippen molar-refractivity contribution in [3.05, 3.63) is 18.0 Å². The van der Waals surface area contributed by atoms with Gasteiger partial charge in [0.1, 0.15) is 5.82 Å². The maximum absolute atomic E-state index is 4.79. The molecule has 0 aliphatic heterocycles. The van der Waals surface area contributed by atoms with Crippen molar-refractivity contribution in [1.82, 2.24) is 19.8 Å². The van der Waals surface area contributed by atoms with Crippen molar-refractivity contribution in [1.29, 1.82) is 0 Å². The van der Waals surface area contributed by atoms with Crippen LogP contribution < -0.4 is 4.90 Å². The maximum atomic E-state index is 4.79. The van der Waals surface area contributed by atoms with Crippen molar-refractivity contribution >= 4 is 11.5 Å². The second kappa shape index (κ2) is 4.72. The van der Waals surface area contributed by atoms with Crippen LogP contribution in [0.15, 0.2) is 12.1 Å². The van der Waals surface area contributed by atoms with E-state index in [-0.39, 0.29) is 0 Å². The predicted octanol–water partition coefficient (Wildman–Crippen LogP) is 2.77. The highest BCUT2D eigenvalue weighted by Gasteiger charge is 2.29. The van der Waals surface area contributed by atoms with Crippen molar-refractivity contribution in [3.8, 4) is 0 Å². The molecule has 2 heterocycles. The summed E-state index contributed by atoms with van der Waals surface area (Å²) in [4.78, 5) is 2.34. The van der Waals surface area contributed by atoms with E-state index in [1.807, 2.05) is 10.6 Å². The van der Waals surface area contributed by atoms with Crippen LogP contribution in [0, 0.1) is 0 Å². The standard InChI is InChI=1S/C15H21N5/c1-19(12-5-3-2-4-6-12)14-10-9-13-16-17-15(11-7-8-11)20(13)18-14/h9-12H,2-8H2,1H3. The number of hydrogen-bond donors (Lipinski definition) is 0. The fourth-order valence-corrected chi connectivity index (χ4v) is 3.24. The number of nitrogens with zero attached hydrogens (tertiary/aromatic N) is 5. The zero-order valence-electron chi connectivity index (χ0n) is 12.0. The van der Waals surface area contributed by atoms with Gasteiger partial charge in [0, 0.05) is 19.0 Å². The van der Waals surface area contributed by atoms with Gasteiger partial charge in [-0.05, 0) is 37.8 Å². The van der Waals surface area contributed by atoms with Crippen molar-refractivity contribution < 1.29 is 0 Å². The third-order valence-corrected chi connectivity index (χ3v) is 4.70. The molecule has 0 radical (unpaired) electrons. The van der Waals surface area contributed by atoms with Gasteiger partial charge in [0.05, 0.1) is 0 Å². The molecule has 0 N–H and O–H groups in total. The zero-order valence-corrected chi connectivity index (χ0v) is 12.0. The van der Waals surface area contributed by atoms with Crippen molar-refractivity contribution in [2.24, 2.45) is 0 Å². The van der Waals surface area contributed by atoms with E-state index in [9.17, 15) is 0 Å². The molecule has 5 nitrogen and oxygen atoms in total. The molecule has 2 fully saturated rings. The molecular formula is C15H21N5. The van der Waals surface area contributed by atoms with Gasteiger partial charge in [-0.15, -0.1) is 15.3 Å². The van der Waals surface area contributed by atoms with Crippen LogP contribution >= 0.6 is 0 Å². The van der Waals surface area contributed by atoms with Crippen LogP contribution in [0.1, 0.15) is 56.7 Å². The lowest BCUT2D eigenvalue weighted by atomic mass is 9.94. The van der Waals surface area contributed by atoms with Gasteiger partial charge in [0.15, 0.2) is 11.5 Å². The average molecular weight is 271 g/mol. The summed E-state index contributed by atoms with van der Waals surface area (Å²) >= 11 is 0. The minimum absolute atomic E-state index is 0.577. The molecule has 106 valence electrons. The van der Waals surface area contributed by atoms with E-state index < -0.39 is 0 Å². The van der Waals surface area contributed by atoms with Gasteiger partial charge in [0.25, 0.3) is 0 Å². The van der Waals surface area contributed by atoms with Crippen molar-refractivity contribution in [2.75, 3.05) is 11.9 Å². The van der Waals surface area contributed by atoms with Crippen LogP contribution in [-0.4, -0.2) is 32.9 Å². The summed E-state index contributed by atoms with van der Waals surface area (Å²) < 4.78 is 1.95. The minimum Gasteiger partial charge on any atom is -0.355 e. The van der Waals surface area contributed by atoms with Gasteiger partial charge in [-0.25, -0.2) is 0 Å². The second-order valence-corrected chi connectivity index (χ2v) is 6.20. The van der Waals surface area contributed by atoms with Gasteiger partial charge >= 0.3 is 0 Å². The number of aromatic nitrogens is 4.